The lowest BCUT2D eigenvalue weighted by molar-refractivity contribution is -0.158. The Bertz CT molecular complexity index is 919. The molecule has 0 bridgehead atoms. The van der Waals surface area contributed by atoms with Crippen LogP contribution in [0.5, 0.6) is 0 Å². The number of nitrogens with zero attached hydrogens (tertiary/aromatic N) is 2. The molecule has 2 aromatic rings. The lowest BCUT2D eigenvalue weighted by atomic mass is 9.90. The average molecular weight is 411 g/mol. The van der Waals surface area contributed by atoms with Crippen molar-refractivity contribution in [2.45, 2.75) is 70.0 Å². The fraction of sp³-hybridized carbons (Fsp3) is 0.565. The molecule has 1 saturated heterocycles. The number of rotatable bonds is 5. The van der Waals surface area contributed by atoms with E-state index in [2.05, 4.69) is 38.8 Å². The number of aryl methyl sites for hydroxylation is 1. The van der Waals surface area contributed by atoms with Crippen LogP contribution in [0.4, 0.5) is 17.3 Å². The minimum atomic E-state index is -0.631. The normalized spacial score (nSPS) is 29.3. The molecule has 0 unspecified atom stereocenters. The molecule has 2 fully saturated rings. The molecule has 7 nitrogen and oxygen atoms in total. The van der Waals surface area contributed by atoms with Gasteiger partial charge in [0.15, 0.2) is 5.79 Å². The Morgan fingerprint density at radius 1 is 1.10 bits per heavy atom. The molecule has 3 N–H and O–H groups in total. The highest BCUT2D eigenvalue weighted by molar-refractivity contribution is 5.64. The van der Waals surface area contributed by atoms with E-state index in [1.165, 1.54) is 24.0 Å². The zero-order chi connectivity index (χ0) is 20.7. The van der Waals surface area contributed by atoms with E-state index in [1.807, 2.05) is 19.9 Å². The van der Waals surface area contributed by atoms with Gasteiger partial charge in [-0.25, -0.2) is 9.97 Å². The van der Waals surface area contributed by atoms with E-state index in [0.717, 1.165) is 36.6 Å². The average Bonchev–Trinajstić information content (AvgIpc) is 3.22. The van der Waals surface area contributed by atoms with E-state index in [1.54, 1.807) is 6.33 Å². The maximum Gasteiger partial charge on any atom is 0.163 e. The molecule has 1 saturated carbocycles. The van der Waals surface area contributed by atoms with Crippen molar-refractivity contribution in [3.05, 3.63) is 41.7 Å². The summed E-state index contributed by atoms with van der Waals surface area (Å²) in [6, 6.07) is 8.43. The summed E-state index contributed by atoms with van der Waals surface area (Å²) in [6.07, 6.45) is 6.90. The molecule has 30 heavy (non-hydrogen) atoms. The molecule has 3 aliphatic rings. The van der Waals surface area contributed by atoms with Crippen LogP contribution >= 0.6 is 0 Å². The summed E-state index contributed by atoms with van der Waals surface area (Å²) in [4.78, 5) is 8.83. The summed E-state index contributed by atoms with van der Waals surface area (Å²) >= 11 is 0. The molecule has 5 rings (SSSR count). The second-order valence-electron chi connectivity index (χ2n) is 9.06. The van der Waals surface area contributed by atoms with Crippen LogP contribution in [0.1, 0.15) is 44.2 Å². The van der Waals surface area contributed by atoms with Gasteiger partial charge in [0.2, 0.25) is 0 Å². The molecule has 2 heterocycles. The predicted molar refractivity (Wildman–Crippen MR) is 115 cm³/mol. The smallest absolute Gasteiger partial charge is 0.163 e. The molecule has 4 atom stereocenters. The van der Waals surface area contributed by atoms with Crippen molar-refractivity contribution in [2.24, 2.45) is 5.92 Å². The van der Waals surface area contributed by atoms with Crippen molar-refractivity contribution in [1.82, 2.24) is 9.97 Å². The van der Waals surface area contributed by atoms with E-state index in [4.69, 9.17) is 9.47 Å². The Morgan fingerprint density at radius 2 is 1.90 bits per heavy atom. The number of fused-ring (bicyclic) bond motifs is 2. The van der Waals surface area contributed by atoms with Gasteiger partial charge in [-0.05, 0) is 63.1 Å². The Balaban J connectivity index is 1.33. The van der Waals surface area contributed by atoms with Crippen LogP contribution in [0, 0.1) is 5.92 Å². The third-order valence-electron chi connectivity index (χ3n) is 6.48. The standard InChI is InChI=1S/C23H30N4O3/c1-23(2)29-21-15(12-28)10-18(22(21)30-23)27-20-11-19(24-13-25-20)26-17-9-5-7-14-6-3-4-8-16(14)17/h5,7,9,11,13,15,18,21-22,28H,3-4,6,8,10,12H2,1-2H3,(H2,24,25,26,27)/t15-,18-,21-,22+/m1/s1. The third-order valence-corrected chi connectivity index (χ3v) is 6.48. The first-order chi connectivity index (χ1) is 14.5. The number of aromatic nitrogens is 2. The molecule has 0 radical (unpaired) electrons. The molecular weight excluding hydrogens is 380 g/mol. The van der Waals surface area contributed by atoms with Crippen LogP contribution in [-0.2, 0) is 22.3 Å². The highest BCUT2D eigenvalue weighted by Crippen LogP contribution is 2.42. The van der Waals surface area contributed by atoms with Crippen molar-refractivity contribution < 1.29 is 14.6 Å². The highest BCUT2D eigenvalue weighted by Gasteiger charge is 2.53. The van der Waals surface area contributed by atoms with Crippen molar-refractivity contribution >= 4 is 17.3 Å². The summed E-state index contributed by atoms with van der Waals surface area (Å²) in [6.45, 7) is 3.93. The van der Waals surface area contributed by atoms with Crippen molar-refractivity contribution in [2.75, 3.05) is 17.2 Å². The largest absolute Gasteiger partial charge is 0.396 e. The molecule has 2 aliphatic carbocycles. The number of hydrogen-bond donors (Lipinski definition) is 3. The van der Waals surface area contributed by atoms with Gasteiger partial charge in [0, 0.05) is 24.3 Å². The minimum Gasteiger partial charge on any atom is -0.396 e. The summed E-state index contributed by atoms with van der Waals surface area (Å²) in [5, 5.41) is 16.8. The van der Waals surface area contributed by atoms with Gasteiger partial charge in [0.05, 0.1) is 12.1 Å². The van der Waals surface area contributed by atoms with Crippen molar-refractivity contribution in [3.8, 4) is 0 Å². The molecule has 7 heteroatoms. The summed E-state index contributed by atoms with van der Waals surface area (Å²) in [5.74, 6) is 0.939. The zero-order valence-corrected chi connectivity index (χ0v) is 17.6. The van der Waals surface area contributed by atoms with E-state index < -0.39 is 5.79 Å². The molecule has 1 aromatic heterocycles. The van der Waals surface area contributed by atoms with Crippen LogP contribution in [-0.4, -0.2) is 45.7 Å². The highest BCUT2D eigenvalue weighted by atomic mass is 16.8. The summed E-state index contributed by atoms with van der Waals surface area (Å²) in [7, 11) is 0. The Labute approximate surface area is 177 Å². The first-order valence-electron chi connectivity index (χ1n) is 11.0. The van der Waals surface area contributed by atoms with Gasteiger partial charge in [0.1, 0.15) is 24.1 Å². The number of benzene rings is 1. The molecule has 1 aliphatic heterocycles. The lowest BCUT2D eigenvalue weighted by Crippen LogP contribution is -2.34. The quantitative estimate of drug-likeness (QED) is 0.696. The maximum atomic E-state index is 9.77. The maximum absolute atomic E-state index is 9.77. The van der Waals surface area contributed by atoms with Crippen LogP contribution in [0.15, 0.2) is 30.6 Å². The van der Waals surface area contributed by atoms with E-state index in [9.17, 15) is 5.11 Å². The lowest BCUT2D eigenvalue weighted by Gasteiger charge is -2.24. The van der Waals surface area contributed by atoms with Gasteiger partial charge < -0.3 is 25.2 Å². The van der Waals surface area contributed by atoms with Gasteiger partial charge in [-0.3, -0.25) is 0 Å². The molecule has 1 aromatic carbocycles. The minimum absolute atomic E-state index is 0.0289. The number of nitrogens with one attached hydrogen (secondary N) is 2. The van der Waals surface area contributed by atoms with Gasteiger partial charge in [-0.1, -0.05) is 12.1 Å². The van der Waals surface area contributed by atoms with Crippen molar-refractivity contribution in [3.63, 3.8) is 0 Å². The molecule has 0 spiro atoms. The topological polar surface area (TPSA) is 88.5 Å². The Hall–Kier alpha value is -2.22. The fourth-order valence-electron chi connectivity index (χ4n) is 5.14. The van der Waals surface area contributed by atoms with Crippen LogP contribution < -0.4 is 10.6 Å². The Morgan fingerprint density at radius 3 is 2.77 bits per heavy atom. The van der Waals surface area contributed by atoms with Gasteiger partial charge in [0.25, 0.3) is 0 Å². The number of ether oxygens (including phenoxy) is 2. The second-order valence-corrected chi connectivity index (χ2v) is 9.06. The summed E-state index contributed by atoms with van der Waals surface area (Å²) < 4.78 is 12.2. The number of anilines is 3. The Kier molecular flexibility index (Phi) is 5.13. The SMILES string of the molecule is CC1(C)O[C@@H]2[C@@H](CO)C[C@@H](Nc3cc(Nc4cccc5c4CCCC5)ncn3)[C@@H]2O1. The van der Waals surface area contributed by atoms with E-state index >= 15 is 0 Å². The number of aliphatic hydroxyl groups excluding tert-OH is 1. The first kappa shape index (κ1) is 19.7. The van der Waals surface area contributed by atoms with E-state index in [0.29, 0.717) is 0 Å². The van der Waals surface area contributed by atoms with Gasteiger partial charge >= 0.3 is 0 Å². The first-order valence-corrected chi connectivity index (χ1v) is 11.0. The zero-order valence-electron chi connectivity index (χ0n) is 17.6. The second kappa shape index (κ2) is 7.80. The van der Waals surface area contributed by atoms with Gasteiger partial charge in [-0.15, -0.1) is 0 Å². The predicted octanol–water partition coefficient (Wildman–Crippen LogP) is 3.41. The van der Waals surface area contributed by atoms with Gasteiger partial charge in [-0.2, -0.15) is 0 Å². The van der Waals surface area contributed by atoms with Crippen LogP contribution in [0.3, 0.4) is 0 Å². The summed E-state index contributed by atoms with van der Waals surface area (Å²) in [5.41, 5.74) is 3.97. The van der Waals surface area contributed by atoms with Crippen LogP contribution in [0.25, 0.3) is 0 Å². The number of aliphatic hydroxyl groups is 1. The third kappa shape index (κ3) is 3.77. The monoisotopic (exact) mass is 410 g/mol. The molecular formula is C23H30N4O3. The molecule has 0 amide bonds. The number of hydrogen-bond acceptors (Lipinski definition) is 7. The molecule has 160 valence electrons. The van der Waals surface area contributed by atoms with Crippen LogP contribution in [0.2, 0.25) is 0 Å². The fourth-order valence-corrected chi connectivity index (χ4v) is 5.14. The van der Waals surface area contributed by atoms with Crippen molar-refractivity contribution in [1.29, 1.82) is 0 Å². The van der Waals surface area contributed by atoms with E-state index in [-0.39, 0.29) is 30.8 Å².